The summed E-state index contributed by atoms with van der Waals surface area (Å²) in [4.78, 5) is 11.1. The minimum Gasteiger partial charge on any atom is -0.443 e. The van der Waals surface area contributed by atoms with Crippen LogP contribution in [0.5, 0.6) is 0 Å². The van der Waals surface area contributed by atoms with E-state index in [1.165, 1.54) is 0 Å². The van der Waals surface area contributed by atoms with Crippen molar-refractivity contribution in [3.05, 3.63) is 0 Å². The number of carbonyl (C=O) groups excluding carboxylic acids is 1. The van der Waals surface area contributed by atoms with Gasteiger partial charge in [0, 0.05) is 13.0 Å². The van der Waals surface area contributed by atoms with Crippen molar-refractivity contribution in [2.75, 3.05) is 6.54 Å². The van der Waals surface area contributed by atoms with Crippen LogP contribution in [0.25, 0.3) is 0 Å². The molecule has 0 bridgehead atoms. The molecule has 0 atom stereocenters. The number of amides is 1. The van der Waals surface area contributed by atoms with E-state index in [0.29, 0.717) is 6.54 Å². The molecule has 2 rings (SSSR count). The molecule has 0 unspecified atom stereocenters. The second-order valence-corrected chi connectivity index (χ2v) is 4.75. The number of nitrogens with one attached hydrogen (secondary N) is 1. The molecule has 1 heterocycles. The molecule has 2 N–H and O–H groups in total. The SMILES string of the molecule is CC1(O)CCC2(CCNC(=O)O2)CC1. The normalized spacial score (nSPS) is 43.1. The van der Waals surface area contributed by atoms with Gasteiger partial charge in [-0.3, -0.25) is 0 Å². The van der Waals surface area contributed by atoms with Crippen molar-refractivity contribution < 1.29 is 14.6 Å². The van der Waals surface area contributed by atoms with Crippen LogP contribution in [0, 0.1) is 0 Å². The highest BCUT2D eigenvalue weighted by molar-refractivity contribution is 5.68. The van der Waals surface area contributed by atoms with Crippen molar-refractivity contribution in [2.24, 2.45) is 0 Å². The van der Waals surface area contributed by atoms with E-state index in [9.17, 15) is 9.90 Å². The lowest BCUT2D eigenvalue weighted by Gasteiger charge is -2.44. The van der Waals surface area contributed by atoms with Crippen LogP contribution in [0.3, 0.4) is 0 Å². The first-order chi connectivity index (χ1) is 6.52. The summed E-state index contributed by atoms with van der Waals surface area (Å²) in [6.07, 6.45) is 3.58. The molecule has 80 valence electrons. The molecular formula is C10H17NO3. The molecule has 4 nitrogen and oxygen atoms in total. The van der Waals surface area contributed by atoms with Crippen LogP contribution in [-0.2, 0) is 4.74 Å². The van der Waals surface area contributed by atoms with Crippen molar-refractivity contribution in [3.8, 4) is 0 Å². The largest absolute Gasteiger partial charge is 0.443 e. The molecule has 1 spiro atoms. The van der Waals surface area contributed by atoms with Gasteiger partial charge in [-0.1, -0.05) is 0 Å². The monoisotopic (exact) mass is 199 g/mol. The highest BCUT2D eigenvalue weighted by Gasteiger charge is 2.43. The predicted molar refractivity (Wildman–Crippen MR) is 50.9 cm³/mol. The maximum Gasteiger partial charge on any atom is 0.407 e. The third-order valence-corrected chi connectivity index (χ3v) is 3.40. The van der Waals surface area contributed by atoms with Crippen LogP contribution in [0.15, 0.2) is 0 Å². The van der Waals surface area contributed by atoms with Gasteiger partial charge in [-0.25, -0.2) is 4.79 Å². The van der Waals surface area contributed by atoms with E-state index >= 15 is 0 Å². The summed E-state index contributed by atoms with van der Waals surface area (Å²) >= 11 is 0. The van der Waals surface area contributed by atoms with E-state index in [-0.39, 0.29) is 11.7 Å². The number of alkyl carbamates (subject to hydrolysis) is 1. The summed E-state index contributed by atoms with van der Waals surface area (Å²) in [5.74, 6) is 0. The molecule has 1 aliphatic heterocycles. The summed E-state index contributed by atoms with van der Waals surface area (Å²) in [6, 6.07) is 0. The molecular weight excluding hydrogens is 182 g/mol. The Kier molecular flexibility index (Phi) is 2.18. The Labute approximate surface area is 83.6 Å². The lowest BCUT2D eigenvalue weighted by molar-refractivity contribution is -0.0897. The first-order valence-corrected chi connectivity index (χ1v) is 5.21. The Hall–Kier alpha value is -0.770. The fourth-order valence-corrected chi connectivity index (χ4v) is 2.27. The summed E-state index contributed by atoms with van der Waals surface area (Å²) in [5.41, 5.74) is -0.854. The van der Waals surface area contributed by atoms with E-state index in [2.05, 4.69) is 5.32 Å². The standard InChI is InChI=1S/C10H17NO3/c1-9(13)2-4-10(5-3-9)6-7-11-8(12)14-10/h13H,2-7H2,1H3,(H,11,12). The lowest BCUT2D eigenvalue weighted by Crippen LogP contribution is -2.51. The molecule has 1 saturated heterocycles. The van der Waals surface area contributed by atoms with E-state index in [1.807, 2.05) is 6.92 Å². The Morgan fingerprint density at radius 3 is 2.50 bits per heavy atom. The van der Waals surface area contributed by atoms with Gasteiger partial charge >= 0.3 is 6.09 Å². The zero-order valence-corrected chi connectivity index (χ0v) is 8.51. The first-order valence-electron chi connectivity index (χ1n) is 5.21. The second-order valence-electron chi connectivity index (χ2n) is 4.75. The van der Waals surface area contributed by atoms with E-state index in [0.717, 1.165) is 32.1 Å². The molecule has 1 amide bonds. The molecule has 2 fully saturated rings. The predicted octanol–water partition coefficient (Wildman–Crippen LogP) is 1.18. The molecule has 1 aliphatic carbocycles. The highest BCUT2D eigenvalue weighted by Crippen LogP contribution is 2.40. The first kappa shape index (κ1) is 9.77. The summed E-state index contributed by atoms with van der Waals surface area (Å²) in [5, 5.41) is 12.4. The number of ether oxygens (including phenoxy) is 1. The van der Waals surface area contributed by atoms with E-state index in [4.69, 9.17) is 4.74 Å². The Morgan fingerprint density at radius 2 is 1.93 bits per heavy atom. The summed E-state index contributed by atoms with van der Waals surface area (Å²) < 4.78 is 5.35. The van der Waals surface area contributed by atoms with Gasteiger partial charge in [0.25, 0.3) is 0 Å². The molecule has 2 aliphatic rings. The summed E-state index contributed by atoms with van der Waals surface area (Å²) in [7, 11) is 0. The molecule has 14 heavy (non-hydrogen) atoms. The molecule has 1 saturated carbocycles. The molecule has 4 heteroatoms. The van der Waals surface area contributed by atoms with Gasteiger partial charge in [-0.15, -0.1) is 0 Å². The minimum atomic E-state index is -0.567. The zero-order chi connectivity index (χ0) is 10.2. The maximum atomic E-state index is 11.1. The maximum absolute atomic E-state index is 11.1. The third-order valence-electron chi connectivity index (χ3n) is 3.40. The van der Waals surface area contributed by atoms with Gasteiger partial charge in [0.05, 0.1) is 5.60 Å². The van der Waals surface area contributed by atoms with Gasteiger partial charge in [0.1, 0.15) is 5.60 Å². The van der Waals surface area contributed by atoms with Gasteiger partial charge in [0.15, 0.2) is 0 Å². The average molecular weight is 199 g/mol. The van der Waals surface area contributed by atoms with Gasteiger partial charge in [-0.05, 0) is 32.6 Å². The Bertz CT molecular complexity index is 240. The number of hydrogen-bond donors (Lipinski definition) is 2. The average Bonchev–Trinajstić information content (AvgIpc) is 2.12. The van der Waals surface area contributed by atoms with Gasteiger partial charge in [0.2, 0.25) is 0 Å². The van der Waals surface area contributed by atoms with Crippen molar-refractivity contribution in [1.29, 1.82) is 0 Å². The van der Waals surface area contributed by atoms with Crippen LogP contribution < -0.4 is 5.32 Å². The number of hydrogen-bond acceptors (Lipinski definition) is 3. The third kappa shape index (κ3) is 1.85. The molecule has 0 aromatic rings. The number of rotatable bonds is 0. The van der Waals surface area contributed by atoms with Crippen molar-refractivity contribution >= 4 is 6.09 Å². The number of carbonyl (C=O) groups is 1. The minimum absolute atomic E-state index is 0.287. The van der Waals surface area contributed by atoms with Crippen LogP contribution in [0.2, 0.25) is 0 Å². The van der Waals surface area contributed by atoms with Gasteiger partial charge < -0.3 is 15.2 Å². The fourth-order valence-electron chi connectivity index (χ4n) is 2.27. The number of aliphatic hydroxyl groups is 1. The lowest BCUT2D eigenvalue weighted by atomic mass is 9.75. The van der Waals surface area contributed by atoms with Crippen LogP contribution in [-0.4, -0.2) is 28.9 Å². The van der Waals surface area contributed by atoms with Crippen molar-refractivity contribution in [1.82, 2.24) is 5.32 Å². The summed E-state index contributed by atoms with van der Waals surface area (Å²) in [6.45, 7) is 2.55. The highest BCUT2D eigenvalue weighted by atomic mass is 16.6. The smallest absolute Gasteiger partial charge is 0.407 e. The van der Waals surface area contributed by atoms with E-state index < -0.39 is 5.60 Å². The zero-order valence-electron chi connectivity index (χ0n) is 8.51. The van der Waals surface area contributed by atoms with Crippen LogP contribution >= 0.6 is 0 Å². The van der Waals surface area contributed by atoms with Gasteiger partial charge in [-0.2, -0.15) is 0 Å². The van der Waals surface area contributed by atoms with Crippen LogP contribution in [0.4, 0.5) is 4.79 Å². The molecule has 0 radical (unpaired) electrons. The Balaban J connectivity index is 2.01. The second kappa shape index (κ2) is 3.12. The molecule has 0 aromatic heterocycles. The van der Waals surface area contributed by atoms with E-state index in [1.54, 1.807) is 0 Å². The quantitative estimate of drug-likeness (QED) is 0.616. The Morgan fingerprint density at radius 1 is 1.29 bits per heavy atom. The van der Waals surface area contributed by atoms with Crippen molar-refractivity contribution in [3.63, 3.8) is 0 Å². The topological polar surface area (TPSA) is 58.6 Å². The fraction of sp³-hybridized carbons (Fsp3) is 0.900. The van der Waals surface area contributed by atoms with Crippen LogP contribution in [0.1, 0.15) is 39.0 Å². The van der Waals surface area contributed by atoms with Crippen molar-refractivity contribution in [2.45, 2.75) is 50.2 Å². The molecule has 0 aromatic carbocycles.